The van der Waals surface area contributed by atoms with Crippen LogP contribution in [-0.4, -0.2) is 16.0 Å². The van der Waals surface area contributed by atoms with Crippen LogP contribution in [-0.2, 0) is 11.2 Å². The van der Waals surface area contributed by atoms with Crippen molar-refractivity contribution in [3.05, 3.63) is 27.1 Å². The van der Waals surface area contributed by atoms with Crippen molar-refractivity contribution in [3.63, 3.8) is 0 Å². The number of carboxylic acids is 1. The predicted octanol–water partition coefficient (Wildman–Crippen LogP) is 2.06. The fourth-order valence-electron chi connectivity index (χ4n) is 1.51. The fraction of sp³-hybridized carbons (Fsp3) is 0.444. The van der Waals surface area contributed by atoms with E-state index >= 15 is 0 Å². The van der Waals surface area contributed by atoms with Gasteiger partial charge in [-0.15, -0.1) is 0 Å². The van der Waals surface area contributed by atoms with E-state index in [-0.39, 0.29) is 5.00 Å². The monoisotopic (exact) mass is 227 g/mol. The van der Waals surface area contributed by atoms with Gasteiger partial charge in [-0.1, -0.05) is 11.3 Å². The summed E-state index contributed by atoms with van der Waals surface area (Å²) >= 11 is 1.06. The number of nitro groups is 1. The predicted molar refractivity (Wildman–Crippen MR) is 54.0 cm³/mol. The molecule has 1 aromatic heterocycles. The third-order valence-corrected chi connectivity index (χ3v) is 3.68. The van der Waals surface area contributed by atoms with Crippen LogP contribution in [0.4, 0.5) is 5.00 Å². The first-order valence-electron chi connectivity index (χ1n) is 4.50. The molecule has 1 aromatic rings. The zero-order valence-corrected chi connectivity index (χ0v) is 8.62. The highest BCUT2D eigenvalue weighted by atomic mass is 32.1. The number of thiophene rings is 1. The minimum Gasteiger partial charge on any atom is -0.481 e. The SMILES string of the molecule is O=C(O)C1(Cc2ccc([N+](=O)[O-])s2)CC1. The number of carboxylic acid groups (broad SMARTS) is 1. The van der Waals surface area contributed by atoms with Crippen LogP contribution in [0.3, 0.4) is 0 Å². The normalized spacial score (nSPS) is 17.3. The molecule has 2 rings (SSSR count). The summed E-state index contributed by atoms with van der Waals surface area (Å²) in [7, 11) is 0. The second kappa shape index (κ2) is 3.30. The lowest BCUT2D eigenvalue weighted by Crippen LogP contribution is -2.16. The van der Waals surface area contributed by atoms with Crippen molar-refractivity contribution in [3.8, 4) is 0 Å². The molecule has 0 atom stereocenters. The Morgan fingerprint density at radius 3 is 2.67 bits per heavy atom. The van der Waals surface area contributed by atoms with Crippen LogP contribution in [0.5, 0.6) is 0 Å². The van der Waals surface area contributed by atoms with Crippen LogP contribution in [0.1, 0.15) is 17.7 Å². The molecule has 15 heavy (non-hydrogen) atoms. The smallest absolute Gasteiger partial charge is 0.324 e. The van der Waals surface area contributed by atoms with Crippen molar-refractivity contribution in [2.75, 3.05) is 0 Å². The maximum absolute atomic E-state index is 10.9. The van der Waals surface area contributed by atoms with Crippen molar-refractivity contribution in [1.82, 2.24) is 0 Å². The lowest BCUT2D eigenvalue weighted by Gasteiger charge is -2.05. The zero-order valence-electron chi connectivity index (χ0n) is 7.80. The van der Waals surface area contributed by atoms with E-state index in [0.717, 1.165) is 16.2 Å². The molecule has 0 bridgehead atoms. The van der Waals surface area contributed by atoms with Crippen LogP contribution < -0.4 is 0 Å². The number of rotatable bonds is 4. The Bertz CT molecular complexity index is 422. The summed E-state index contributed by atoms with van der Waals surface area (Å²) in [6.45, 7) is 0. The van der Waals surface area contributed by atoms with Gasteiger partial charge in [-0.2, -0.15) is 0 Å². The van der Waals surface area contributed by atoms with E-state index in [0.29, 0.717) is 19.3 Å². The molecular weight excluding hydrogens is 218 g/mol. The van der Waals surface area contributed by atoms with E-state index in [2.05, 4.69) is 0 Å². The van der Waals surface area contributed by atoms with Crippen molar-refractivity contribution in [2.24, 2.45) is 5.41 Å². The Balaban J connectivity index is 2.12. The maximum atomic E-state index is 10.9. The molecule has 1 aliphatic rings. The largest absolute Gasteiger partial charge is 0.481 e. The van der Waals surface area contributed by atoms with Gasteiger partial charge in [-0.3, -0.25) is 14.9 Å². The Hall–Kier alpha value is -1.43. The van der Waals surface area contributed by atoms with Gasteiger partial charge in [0.2, 0.25) is 0 Å². The molecule has 0 saturated heterocycles. The van der Waals surface area contributed by atoms with Crippen molar-refractivity contribution >= 4 is 22.3 Å². The molecule has 1 heterocycles. The van der Waals surface area contributed by atoms with Crippen molar-refractivity contribution in [2.45, 2.75) is 19.3 Å². The van der Waals surface area contributed by atoms with E-state index in [4.69, 9.17) is 5.11 Å². The first-order valence-corrected chi connectivity index (χ1v) is 5.32. The molecule has 1 N–H and O–H groups in total. The standard InChI is InChI=1S/C9H9NO4S/c11-8(12)9(3-4-9)5-6-1-2-7(15-6)10(13)14/h1-2H,3-5H2,(H,11,12). The molecule has 0 radical (unpaired) electrons. The summed E-state index contributed by atoms with van der Waals surface area (Å²) in [6.07, 6.45) is 1.77. The summed E-state index contributed by atoms with van der Waals surface area (Å²) in [4.78, 5) is 21.7. The van der Waals surface area contributed by atoms with Gasteiger partial charge in [-0.05, 0) is 25.3 Å². The Labute approximate surface area is 89.5 Å². The van der Waals surface area contributed by atoms with Crippen molar-refractivity contribution in [1.29, 1.82) is 0 Å². The maximum Gasteiger partial charge on any atom is 0.324 e. The Kier molecular flexibility index (Phi) is 2.22. The van der Waals surface area contributed by atoms with Gasteiger partial charge in [0.15, 0.2) is 0 Å². The average molecular weight is 227 g/mol. The average Bonchev–Trinajstić information content (AvgIpc) is 2.76. The van der Waals surface area contributed by atoms with Crippen molar-refractivity contribution < 1.29 is 14.8 Å². The topological polar surface area (TPSA) is 80.4 Å². The highest BCUT2D eigenvalue weighted by Crippen LogP contribution is 2.49. The third kappa shape index (κ3) is 1.85. The molecule has 1 aliphatic carbocycles. The van der Waals surface area contributed by atoms with Gasteiger partial charge in [0.25, 0.3) is 0 Å². The summed E-state index contributed by atoms with van der Waals surface area (Å²) < 4.78 is 0. The van der Waals surface area contributed by atoms with Crippen LogP contribution >= 0.6 is 11.3 Å². The summed E-state index contributed by atoms with van der Waals surface area (Å²) in [5.74, 6) is -0.793. The lowest BCUT2D eigenvalue weighted by atomic mass is 10.0. The minimum atomic E-state index is -0.793. The van der Waals surface area contributed by atoms with E-state index < -0.39 is 16.3 Å². The van der Waals surface area contributed by atoms with Gasteiger partial charge < -0.3 is 5.11 Å². The molecule has 0 aliphatic heterocycles. The highest BCUT2D eigenvalue weighted by Gasteiger charge is 2.50. The van der Waals surface area contributed by atoms with E-state index in [1.165, 1.54) is 6.07 Å². The number of nitrogens with zero attached hydrogens (tertiary/aromatic N) is 1. The highest BCUT2D eigenvalue weighted by molar-refractivity contribution is 7.15. The first-order chi connectivity index (χ1) is 7.03. The molecule has 1 saturated carbocycles. The minimum absolute atomic E-state index is 0.0752. The van der Waals surface area contributed by atoms with Crippen LogP contribution in [0, 0.1) is 15.5 Å². The lowest BCUT2D eigenvalue weighted by molar-refractivity contribution is -0.380. The van der Waals surface area contributed by atoms with Gasteiger partial charge in [0, 0.05) is 10.9 Å². The van der Waals surface area contributed by atoms with E-state index in [1.807, 2.05) is 0 Å². The molecule has 1 fully saturated rings. The Morgan fingerprint density at radius 1 is 1.60 bits per heavy atom. The first kappa shape index (κ1) is 10.1. The van der Waals surface area contributed by atoms with Crippen LogP contribution in [0.15, 0.2) is 12.1 Å². The molecule has 0 aromatic carbocycles. The molecule has 0 spiro atoms. The molecule has 0 amide bonds. The van der Waals surface area contributed by atoms with Gasteiger partial charge >= 0.3 is 11.0 Å². The molecule has 0 unspecified atom stereocenters. The molecule has 6 heteroatoms. The van der Waals surface area contributed by atoms with Gasteiger partial charge in [0.05, 0.1) is 10.3 Å². The second-order valence-corrected chi connectivity index (χ2v) is 4.91. The van der Waals surface area contributed by atoms with E-state index in [9.17, 15) is 14.9 Å². The number of carbonyl (C=O) groups is 1. The molecule has 80 valence electrons. The summed E-state index contributed by atoms with van der Waals surface area (Å²) in [5, 5.41) is 19.5. The fourth-order valence-corrected chi connectivity index (χ4v) is 2.47. The van der Waals surface area contributed by atoms with Gasteiger partial charge in [-0.25, -0.2) is 0 Å². The number of hydrogen-bond donors (Lipinski definition) is 1. The quantitative estimate of drug-likeness (QED) is 0.630. The zero-order chi connectivity index (χ0) is 11.1. The van der Waals surface area contributed by atoms with E-state index in [1.54, 1.807) is 6.07 Å². The van der Waals surface area contributed by atoms with Crippen LogP contribution in [0.2, 0.25) is 0 Å². The summed E-state index contributed by atoms with van der Waals surface area (Å²) in [5.41, 5.74) is -0.640. The van der Waals surface area contributed by atoms with Gasteiger partial charge in [0.1, 0.15) is 0 Å². The number of aliphatic carboxylic acids is 1. The Morgan fingerprint density at radius 2 is 2.27 bits per heavy atom. The summed E-state index contributed by atoms with van der Waals surface area (Å²) in [6, 6.07) is 3.07. The van der Waals surface area contributed by atoms with Crippen LogP contribution in [0.25, 0.3) is 0 Å². The number of hydrogen-bond acceptors (Lipinski definition) is 4. The second-order valence-electron chi connectivity index (χ2n) is 3.76. The molecule has 5 nitrogen and oxygen atoms in total. The molecular formula is C9H9NO4S. The third-order valence-electron chi connectivity index (χ3n) is 2.65.